The molecule has 1 N–H and O–H groups in total. The lowest BCUT2D eigenvalue weighted by molar-refractivity contribution is 0.271. The Hall–Kier alpha value is -3.64. The Kier molecular flexibility index (Phi) is 5.30. The number of fused-ring (bicyclic) bond motifs is 2. The number of aromatic nitrogens is 3. The molecule has 1 aromatic carbocycles. The van der Waals surface area contributed by atoms with Crippen LogP contribution in [0.5, 0.6) is 0 Å². The summed E-state index contributed by atoms with van der Waals surface area (Å²) in [5.74, 6) is 0.828. The molecule has 0 amide bonds. The minimum atomic E-state index is 0.828. The van der Waals surface area contributed by atoms with Crippen molar-refractivity contribution in [1.82, 2.24) is 19.3 Å². The van der Waals surface area contributed by atoms with Crippen LogP contribution in [-0.2, 0) is 6.42 Å². The summed E-state index contributed by atoms with van der Waals surface area (Å²) in [6, 6.07) is 13.2. The first-order chi connectivity index (χ1) is 16.7. The highest BCUT2D eigenvalue weighted by Gasteiger charge is 2.17. The van der Waals surface area contributed by atoms with Gasteiger partial charge < -0.3 is 19.5 Å². The summed E-state index contributed by atoms with van der Waals surface area (Å²) in [4.78, 5) is 14.3. The van der Waals surface area contributed by atoms with E-state index >= 15 is 0 Å². The Balaban J connectivity index is 1.29. The van der Waals surface area contributed by atoms with Gasteiger partial charge >= 0.3 is 0 Å². The smallest absolute Gasteiger partial charge is 0.160 e. The number of anilines is 3. The van der Waals surface area contributed by atoms with E-state index in [9.17, 15) is 0 Å². The molecule has 2 aliphatic rings. The van der Waals surface area contributed by atoms with Crippen molar-refractivity contribution < 1.29 is 0 Å². The van der Waals surface area contributed by atoms with Gasteiger partial charge in [-0.25, -0.2) is 9.97 Å². The molecule has 4 heterocycles. The van der Waals surface area contributed by atoms with Crippen LogP contribution in [0.3, 0.4) is 0 Å². The molecule has 6 nitrogen and oxygen atoms in total. The van der Waals surface area contributed by atoms with Crippen LogP contribution in [0.15, 0.2) is 61.1 Å². The second-order valence-electron chi connectivity index (χ2n) is 9.15. The van der Waals surface area contributed by atoms with Gasteiger partial charge in [0.25, 0.3) is 0 Å². The van der Waals surface area contributed by atoms with E-state index in [2.05, 4.69) is 86.9 Å². The molecule has 0 spiro atoms. The maximum atomic E-state index is 4.74. The molecule has 4 aromatic rings. The molecule has 6 rings (SSSR count). The van der Waals surface area contributed by atoms with Gasteiger partial charge in [0.05, 0.1) is 17.6 Å². The molecular weight excluding hydrogens is 420 g/mol. The zero-order valence-electron chi connectivity index (χ0n) is 19.8. The minimum Gasteiger partial charge on any atom is -0.368 e. The van der Waals surface area contributed by atoms with E-state index in [-0.39, 0.29) is 0 Å². The third-order valence-electron chi connectivity index (χ3n) is 7.21. The lowest BCUT2D eigenvalue weighted by atomic mass is 9.99. The topological polar surface area (TPSA) is 48.7 Å². The second-order valence-corrected chi connectivity index (χ2v) is 9.15. The van der Waals surface area contributed by atoms with E-state index in [1.807, 2.05) is 18.6 Å². The molecule has 1 fully saturated rings. The standard InChI is InChI=1S/C28H30N6/c1-3-32-13-15-33(16-14-32)24-9-10-27(30-19-24)31-26-18-25(20(2)34-12-11-29-28(26)34)23-8-7-21-5-4-6-22(21)17-23/h4-5,7-12,17-19H,3,6,13-16H2,1-2H3,(H,30,31). The van der Waals surface area contributed by atoms with Crippen LogP contribution < -0.4 is 10.2 Å². The number of piperazine rings is 1. The third kappa shape index (κ3) is 3.74. The normalized spacial score (nSPS) is 15.8. The van der Waals surface area contributed by atoms with E-state index in [0.29, 0.717) is 0 Å². The van der Waals surface area contributed by atoms with E-state index in [4.69, 9.17) is 4.98 Å². The van der Waals surface area contributed by atoms with Crippen LogP contribution in [0, 0.1) is 6.92 Å². The van der Waals surface area contributed by atoms with Gasteiger partial charge in [0.15, 0.2) is 5.65 Å². The Morgan fingerprint density at radius 1 is 1.00 bits per heavy atom. The molecule has 1 aliphatic heterocycles. The number of imidazole rings is 1. The number of allylic oxidation sites excluding steroid dienone is 1. The maximum Gasteiger partial charge on any atom is 0.160 e. The molecule has 0 atom stereocenters. The fourth-order valence-electron chi connectivity index (χ4n) is 5.13. The number of hydrogen-bond acceptors (Lipinski definition) is 5. The summed E-state index contributed by atoms with van der Waals surface area (Å²) in [5.41, 5.74) is 9.37. The lowest BCUT2D eigenvalue weighted by Gasteiger charge is -2.35. The van der Waals surface area contributed by atoms with Crippen LogP contribution >= 0.6 is 0 Å². The van der Waals surface area contributed by atoms with Crippen molar-refractivity contribution in [2.45, 2.75) is 20.3 Å². The van der Waals surface area contributed by atoms with Crippen LogP contribution in [0.25, 0.3) is 22.9 Å². The van der Waals surface area contributed by atoms with Gasteiger partial charge in [-0.15, -0.1) is 0 Å². The van der Waals surface area contributed by atoms with Gasteiger partial charge in [0, 0.05) is 49.8 Å². The third-order valence-corrected chi connectivity index (χ3v) is 7.21. The Bertz CT molecular complexity index is 1360. The molecule has 0 unspecified atom stereocenters. The summed E-state index contributed by atoms with van der Waals surface area (Å²) in [5, 5.41) is 3.54. The Morgan fingerprint density at radius 2 is 1.88 bits per heavy atom. The zero-order chi connectivity index (χ0) is 23.1. The molecule has 3 aromatic heterocycles. The predicted molar refractivity (Wildman–Crippen MR) is 140 cm³/mol. The van der Waals surface area contributed by atoms with E-state index in [1.165, 1.54) is 33.6 Å². The van der Waals surface area contributed by atoms with Gasteiger partial charge in [0.1, 0.15) is 5.82 Å². The number of likely N-dealkylation sites (N-methyl/N-ethyl adjacent to an activating group) is 1. The number of aryl methyl sites for hydroxylation is 1. The predicted octanol–water partition coefficient (Wildman–Crippen LogP) is 5.16. The van der Waals surface area contributed by atoms with Crippen molar-refractivity contribution in [3.8, 4) is 11.1 Å². The first kappa shape index (κ1) is 20.9. The number of nitrogens with one attached hydrogen (secondary N) is 1. The molecule has 1 saturated heterocycles. The van der Waals surface area contributed by atoms with Crippen molar-refractivity contribution in [3.05, 3.63) is 77.9 Å². The average molecular weight is 451 g/mol. The summed E-state index contributed by atoms with van der Waals surface area (Å²) in [7, 11) is 0. The summed E-state index contributed by atoms with van der Waals surface area (Å²) in [6.45, 7) is 9.83. The lowest BCUT2D eigenvalue weighted by Crippen LogP contribution is -2.46. The van der Waals surface area contributed by atoms with Gasteiger partial charge in [-0.3, -0.25) is 0 Å². The highest BCUT2D eigenvalue weighted by molar-refractivity contribution is 5.82. The number of nitrogens with zero attached hydrogens (tertiary/aromatic N) is 5. The summed E-state index contributed by atoms with van der Waals surface area (Å²) < 4.78 is 2.16. The molecule has 0 radical (unpaired) electrons. The van der Waals surface area contributed by atoms with Gasteiger partial charge in [-0.05, 0) is 54.8 Å². The van der Waals surface area contributed by atoms with E-state index < -0.39 is 0 Å². The summed E-state index contributed by atoms with van der Waals surface area (Å²) in [6.07, 6.45) is 11.3. The van der Waals surface area contributed by atoms with Gasteiger partial charge in [-0.2, -0.15) is 0 Å². The monoisotopic (exact) mass is 450 g/mol. The maximum absolute atomic E-state index is 4.74. The summed E-state index contributed by atoms with van der Waals surface area (Å²) >= 11 is 0. The number of rotatable bonds is 5. The first-order valence-electron chi connectivity index (χ1n) is 12.2. The van der Waals surface area contributed by atoms with Crippen LogP contribution in [0.2, 0.25) is 0 Å². The fourth-order valence-corrected chi connectivity index (χ4v) is 5.13. The molecule has 1 aliphatic carbocycles. The van der Waals surface area contributed by atoms with Gasteiger partial charge in [0.2, 0.25) is 0 Å². The molecule has 34 heavy (non-hydrogen) atoms. The number of pyridine rings is 2. The molecular formula is C28H30N6. The van der Waals surface area contributed by atoms with Crippen molar-refractivity contribution in [1.29, 1.82) is 0 Å². The highest BCUT2D eigenvalue weighted by Crippen LogP contribution is 2.33. The SMILES string of the molecule is CCN1CCN(c2ccc(Nc3cc(-c4ccc5c(c4)CC=C5)c(C)n4ccnc34)nc2)CC1. The van der Waals surface area contributed by atoms with Crippen LogP contribution in [0.4, 0.5) is 17.2 Å². The fraction of sp³-hybridized carbons (Fsp3) is 0.286. The van der Waals surface area contributed by atoms with Crippen molar-refractivity contribution in [3.63, 3.8) is 0 Å². The van der Waals surface area contributed by atoms with Gasteiger partial charge in [-0.1, -0.05) is 37.3 Å². The first-order valence-corrected chi connectivity index (χ1v) is 12.2. The molecule has 0 saturated carbocycles. The Labute approximate surface area is 200 Å². The average Bonchev–Trinajstić information content (AvgIpc) is 3.56. The molecule has 6 heteroatoms. The minimum absolute atomic E-state index is 0.828. The van der Waals surface area contributed by atoms with E-state index in [1.54, 1.807) is 0 Å². The quantitative estimate of drug-likeness (QED) is 0.455. The second kappa shape index (κ2) is 8.61. The zero-order valence-corrected chi connectivity index (χ0v) is 19.8. The van der Waals surface area contributed by atoms with Crippen LogP contribution in [-0.4, -0.2) is 52.0 Å². The van der Waals surface area contributed by atoms with E-state index in [0.717, 1.165) is 56.3 Å². The van der Waals surface area contributed by atoms with Crippen molar-refractivity contribution >= 4 is 28.9 Å². The van der Waals surface area contributed by atoms with Crippen molar-refractivity contribution in [2.24, 2.45) is 0 Å². The van der Waals surface area contributed by atoms with Crippen molar-refractivity contribution in [2.75, 3.05) is 42.9 Å². The molecule has 172 valence electrons. The molecule has 0 bridgehead atoms. The largest absolute Gasteiger partial charge is 0.368 e. The highest BCUT2D eigenvalue weighted by atomic mass is 15.3. The number of hydrogen-bond donors (Lipinski definition) is 1. The number of benzene rings is 1. The Morgan fingerprint density at radius 3 is 2.68 bits per heavy atom. The van der Waals surface area contributed by atoms with Crippen LogP contribution in [0.1, 0.15) is 23.7 Å².